The monoisotopic (exact) mass is 335 g/mol. The van der Waals surface area contributed by atoms with Gasteiger partial charge in [-0.1, -0.05) is 12.8 Å². The number of benzene rings is 1. The molecule has 1 aliphatic rings. The molecule has 1 aromatic carbocycles. The molecule has 24 heavy (non-hydrogen) atoms. The van der Waals surface area contributed by atoms with Gasteiger partial charge < -0.3 is 25.4 Å². The Labute approximate surface area is 144 Å². The number of nitrogens with one attached hydrogen (secondary N) is 2. The molecule has 2 rings (SSSR count). The van der Waals surface area contributed by atoms with Crippen LogP contribution in [0.5, 0.6) is 5.75 Å². The first-order chi connectivity index (χ1) is 11.5. The number of aliphatic hydroxyl groups excluding tert-OH is 1. The molecule has 0 saturated heterocycles. The highest BCUT2D eigenvalue weighted by molar-refractivity contribution is 5.89. The lowest BCUT2D eigenvalue weighted by molar-refractivity contribution is 0.0831. The van der Waals surface area contributed by atoms with Crippen molar-refractivity contribution in [1.82, 2.24) is 10.2 Å². The quantitative estimate of drug-likeness (QED) is 0.681. The SMILES string of the molecule is CN(C)CC(O)COc1ccc(NC(=O)NCC2CCCC2)cc1. The molecule has 1 fully saturated rings. The third kappa shape index (κ3) is 6.76. The van der Waals surface area contributed by atoms with Crippen molar-refractivity contribution < 1.29 is 14.6 Å². The number of hydrogen-bond acceptors (Lipinski definition) is 4. The maximum atomic E-state index is 11.9. The molecular formula is C18H29N3O3. The van der Waals surface area contributed by atoms with E-state index in [0.29, 0.717) is 18.2 Å². The predicted octanol–water partition coefficient (Wildman–Crippen LogP) is 2.30. The fraction of sp³-hybridized carbons (Fsp3) is 0.611. The summed E-state index contributed by atoms with van der Waals surface area (Å²) in [6.45, 7) is 1.55. The van der Waals surface area contributed by atoms with Crippen LogP contribution in [0.1, 0.15) is 25.7 Å². The number of aliphatic hydroxyl groups is 1. The lowest BCUT2D eigenvalue weighted by atomic mass is 10.1. The third-order valence-corrected chi connectivity index (χ3v) is 4.16. The maximum absolute atomic E-state index is 11.9. The molecule has 0 aromatic heterocycles. The first kappa shape index (κ1) is 18.5. The second-order valence-electron chi connectivity index (χ2n) is 6.74. The zero-order valence-corrected chi connectivity index (χ0v) is 14.6. The molecule has 134 valence electrons. The molecule has 0 aliphatic heterocycles. The molecule has 1 saturated carbocycles. The summed E-state index contributed by atoms with van der Waals surface area (Å²) in [5.74, 6) is 1.30. The maximum Gasteiger partial charge on any atom is 0.319 e. The van der Waals surface area contributed by atoms with Crippen LogP contribution < -0.4 is 15.4 Å². The minimum atomic E-state index is -0.529. The zero-order chi connectivity index (χ0) is 17.4. The van der Waals surface area contributed by atoms with Gasteiger partial charge in [0.25, 0.3) is 0 Å². The van der Waals surface area contributed by atoms with E-state index in [9.17, 15) is 9.90 Å². The molecule has 0 bridgehead atoms. The van der Waals surface area contributed by atoms with E-state index < -0.39 is 6.10 Å². The number of anilines is 1. The second kappa shape index (κ2) is 9.49. The van der Waals surface area contributed by atoms with Crippen molar-refractivity contribution >= 4 is 11.7 Å². The number of carbonyl (C=O) groups is 1. The van der Waals surface area contributed by atoms with Crippen LogP contribution in [0.4, 0.5) is 10.5 Å². The fourth-order valence-electron chi connectivity index (χ4n) is 2.93. The Morgan fingerprint density at radius 1 is 1.29 bits per heavy atom. The standard InChI is InChI=1S/C18H29N3O3/c1-21(2)12-16(22)13-24-17-9-7-15(8-10-17)20-18(23)19-11-14-5-3-4-6-14/h7-10,14,16,22H,3-6,11-13H2,1-2H3,(H2,19,20,23). The van der Waals surface area contributed by atoms with E-state index in [4.69, 9.17) is 4.74 Å². The Balaban J connectivity index is 1.69. The number of ether oxygens (including phenoxy) is 1. The van der Waals surface area contributed by atoms with Crippen molar-refractivity contribution in [1.29, 1.82) is 0 Å². The van der Waals surface area contributed by atoms with Crippen molar-refractivity contribution in [3.63, 3.8) is 0 Å². The predicted molar refractivity (Wildman–Crippen MR) is 95.5 cm³/mol. The largest absolute Gasteiger partial charge is 0.491 e. The summed E-state index contributed by atoms with van der Waals surface area (Å²) in [7, 11) is 3.81. The van der Waals surface area contributed by atoms with Gasteiger partial charge in [-0.2, -0.15) is 0 Å². The van der Waals surface area contributed by atoms with Gasteiger partial charge in [0.05, 0.1) is 0 Å². The molecule has 6 heteroatoms. The van der Waals surface area contributed by atoms with Crippen LogP contribution in [0.15, 0.2) is 24.3 Å². The van der Waals surface area contributed by atoms with E-state index in [1.165, 1.54) is 25.7 Å². The molecular weight excluding hydrogens is 306 g/mol. The zero-order valence-electron chi connectivity index (χ0n) is 14.6. The molecule has 0 radical (unpaired) electrons. The van der Waals surface area contributed by atoms with E-state index in [-0.39, 0.29) is 12.6 Å². The van der Waals surface area contributed by atoms with Gasteiger partial charge in [-0.15, -0.1) is 0 Å². The Hall–Kier alpha value is -1.79. The highest BCUT2D eigenvalue weighted by Crippen LogP contribution is 2.23. The number of carbonyl (C=O) groups excluding carboxylic acids is 1. The summed E-state index contributed by atoms with van der Waals surface area (Å²) in [6.07, 6.45) is 4.45. The molecule has 3 N–H and O–H groups in total. The minimum Gasteiger partial charge on any atom is -0.491 e. The van der Waals surface area contributed by atoms with Gasteiger partial charge in [0.15, 0.2) is 0 Å². The summed E-state index contributed by atoms with van der Waals surface area (Å²) in [4.78, 5) is 13.8. The van der Waals surface area contributed by atoms with E-state index in [2.05, 4.69) is 10.6 Å². The normalized spacial score (nSPS) is 16.2. The van der Waals surface area contributed by atoms with Gasteiger partial charge in [0.1, 0.15) is 18.5 Å². The van der Waals surface area contributed by atoms with E-state index in [0.717, 1.165) is 12.2 Å². The van der Waals surface area contributed by atoms with E-state index in [1.807, 2.05) is 19.0 Å². The first-order valence-electron chi connectivity index (χ1n) is 8.63. The molecule has 0 heterocycles. The number of likely N-dealkylation sites (N-methyl/N-ethyl adjacent to an activating group) is 1. The smallest absolute Gasteiger partial charge is 0.319 e. The van der Waals surface area contributed by atoms with Crippen molar-refractivity contribution in [2.45, 2.75) is 31.8 Å². The van der Waals surface area contributed by atoms with Crippen LogP contribution in [0.2, 0.25) is 0 Å². The molecule has 2 amide bonds. The van der Waals surface area contributed by atoms with Crippen molar-refractivity contribution in [3.05, 3.63) is 24.3 Å². The van der Waals surface area contributed by atoms with Gasteiger partial charge in [-0.05, 0) is 57.1 Å². The lowest BCUT2D eigenvalue weighted by Gasteiger charge is -2.16. The van der Waals surface area contributed by atoms with Crippen LogP contribution in [-0.2, 0) is 0 Å². The first-order valence-corrected chi connectivity index (χ1v) is 8.63. The Bertz CT molecular complexity index is 499. The number of hydrogen-bond donors (Lipinski definition) is 3. The second-order valence-corrected chi connectivity index (χ2v) is 6.74. The number of amides is 2. The number of rotatable bonds is 8. The van der Waals surface area contributed by atoms with E-state index in [1.54, 1.807) is 24.3 Å². The molecule has 1 atom stereocenters. The van der Waals surface area contributed by atoms with Gasteiger partial charge in [0.2, 0.25) is 0 Å². The Morgan fingerprint density at radius 2 is 1.96 bits per heavy atom. The van der Waals surface area contributed by atoms with Gasteiger partial charge in [-0.3, -0.25) is 0 Å². The van der Waals surface area contributed by atoms with Gasteiger partial charge in [-0.25, -0.2) is 4.79 Å². The Morgan fingerprint density at radius 3 is 2.58 bits per heavy atom. The van der Waals surface area contributed by atoms with E-state index >= 15 is 0 Å². The average Bonchev–Trinajstić information content (AvgIpc) is 3.05. The van der Waals surface area contributed by atoms with Crippen LogP contribution in [0.25, 0.3) is 0 Å². The van der Waals surface area contributed by atoms with Crippen LogP contribution in [0, 0.1) is 5.92 Å². The number of urea groups is 1. The van der Waals surface area contributed by atoms with Crippen molar-refractivity contribution in [3.8, 4) is 5.75 Å². The third-order valence-electron chi connectivity index (χ3n) is 4.16. The topological polar surface area (TPSA) is 73.8 Å². The van der Waals surface area contributed by atoms with Gasteiger partial charge >= 0.3 is 6.03 Å². The van der Waals surface area contributed by atoms with Crippen LogP contribution in [0.3, 0.4) is 0 Å². The highest BCUT2D eigenvalue weighted by atomic mass is 16.5. The van der Waals surface area contributed by atoms with Crippen LogP contribution in [-0.4, -0.2) is 55.9 Å². The summed E-state index contributed by atoms with van der Waals surface area (Å²) >= 11 is 0. The lowest BCUT2D eigenvalue weighted by Crippen LogP contribution is -2.32. The molecule has 1 unspecified atom stereocenters. The molecule has 1 aliphatic carbocycles. The summed E-state index contributed by atoms with van der Waals surface area (Å²) in [6, 6.07) is 6.99. The Kier molecular flexibility index (Phi) is 7.34. The fourth-order valence-corrected chi connectivity index (χ4v) is 2.93. The molecule has 6 nitrogen and oxygen atoms in total. The highest BCUT2D eigenvalue weighted by Gasteiger charge is 2.15. The van der Waals surface area contributed by atoms with Crippen LogP contribution >= 0.6 is 0 Å². The molecule has 0 spiro atoms. The minimum absolute atomic E-state index is 0.169. The summed E-state index contributed by atoms with van der Waals surface area (Å²) in [5.41, 5.74) is 0.722. The van der Waals surface area contributed by atoms with Crippen molar-refractivity contribution in [2.75, 3.05) is 39.1 Å². The summed E-state index contributed by atoms with van der Waals surface area (Å²) in [5, 5.41) is 15.5. The summed E-state index contributed by atoms with van der Waals surface area (Å²) < 4.78 is 5.54. The van der Waals surface area contributed by atoms with Crippen molar-refractivity contribution in [2.24, 2.45) is 5.92 Å². The molecule has 1 aromatic rings. The average molecular weight is 335 g/mol. The van der Waals surface area contributed by atoms with Gasteiger partial charge in [0, 0.05) is 18.8 Å². The number of nitrogens with zero attached hydrogens (tertiary/aromatic N) is 1.